The number of carbonyl (C=O) groups excluding carboxylic acids is 1. The molecule has 1 heterocycles. The number of hydrogen-bond donors (Lipinski definition) is 3. The van der Waals surface area contributed by atoms with E-state index in [0.29, 0.717) is 17.7 Å². The molecule has 1 saturated heterocycles. The maximum absolute atomic E-state index is 11.8. The number of carbonyl (C=O) groups is 2. The monoisotopic (exact) mass is 286 g/mol. The molecule has 2 unspecified atom stereocenters. The van der Waals surface area contributed by atoms with Crippen LogP contribution in [0.5, 0.6) is 0 Å². The van der Waals surface area contributed by atoms with E-state index in [1.165, 1.54) is 18.6 Å². The molecular weight excluding hydrogens is 264 g/mol. The first-order valence-corrected chi connectivity index (χ1v) is 8.08. The highest BCUT2D eigenvalue weighted by Crippen LogP contribution is 2.34. The first-order chi connectivity index (χ1) is 9.15. The van der Waals surface area contributed by atoms with Gasteiger partial charge >= 0.3 is 12.0 Å². The molecule has 0 spiro atoms. The Labute approximate surface area is 117 Å². The maximum atomic E-state index is 11.8. The van der Waals surface area contributed by atoms with Crippen LogP contribution < -0.4 is 10.6 Å². The van der Waals surface area contributed by atoms with E-state index in [1.807, 2.05) is 11.8 Å². The Balaban J connectivity index is 1.68. The first-order valence-electron chi connectivity index (χ1n) is 7.03. The van der Waals surface area contributed by atoms with Gasteiger partial charge in [0.15, 0.2) is 0 Å². The minimum atomic E-state index is -0.847. The normalized spacial score (nSPS) is 24.5. The van der Waals surface area contributed by atoms with Crippen molar-refractivity contribution < 1.29 is 14.7 Å². The second kappa shape index (κ2) is 7.03. The SMILES string of the molecule is O=C(O)CC(NC(=O)NCC1CCCCS1)C1CC1. The highest BCUT2D eigenvalue weighted by Gasteiger charge is 2.33. The fourth-order valence-corrected chi connectivity index (χ4v) is 3.66. The second-order valence-corrected chi connectivity index (χ2v) is 6.79. The van der Waals surface area contributed by atoms with Crippen molar-refractivity contribution in [3.63, 3.8) is 0 Å². The van der Waals surface area contributed by atoms with Crippen molar-refractivity contribution in [1.29, 1.82) is 0 Å². The molecule has 2 atom stereocenters. The summed E-state index contributed by atoms with van der Waals surface area (Å²) in [6, 6.07) is -0.430. The van der Waals surface area contributed by atoms with Crippen LogP contribution in [0.2, 0.25) is 0 Å². The van der Waals surface area contributed by atoms with Gasteiger partial charge in [-0.05, 0) is 37.4 Å². The van der Waals surface area contributed by atoms with Crippen molar-refractivity contribution in [3.05, 3.63) is 0 Å². The lowest BCUT2D eigenvalue weighted by Gasteiger charge is -2.22. The van der Waals surface area contributed by atoms with Crippen molar-refractivity contribution in [1.82, 2.24) is 10.6 Å². The number of hydrogen-bond acceptors (Lipinski definition) is 3. The first kappa shape index (κ1) is 14.5. The third-order valence-electron chi connectivity index (χ3n) is 3.67. The Bertz CT molecular complexity index is 328. The number of amides is 2. The third kappa shape index (κ3) is 5.30. The number of carboxylic acids is 1. The summed E-state index contributed by atoms with van der Waals surface area (Å²) in [5, 5.41) is 15.0. The average Bonchev–Trinajstić information content (AvgIpc) is 3.20. The van der Waals surface area contributed by atoms with E-state index < -0.39 is 5.97 Å². The van der Waals surface area contributed by atoms with Crippen LogP contribution in [0.25, 0.3) is 0 Å². The summed E-state index contributed by atoms with van der Waals surface area (Å²) in [5.41, 5.74) is 0. The van der Waals surface area contributed by atoms with Gasteiger partial charge in [-0.1, -0.05) is 6.42 Å². The Morgan fingerprint density at radius 2 is 2.05 bits per heavy atom. The third-order valence-corrected chi connectivity index (χ3v) is 5.06. The van der Waals surface area contributed by atoms with E-state index >= 15 is 0 Å². The number of nitrogens with one attached hydrogen (secondary N) is 2. The van der Waals surface area contributed by atoms with Crippen molar-refractivity contribution in [3.8, 4) is 0 Å². The fraction of sp³-hybridized carbons (Fsp3) is 0.846. The second-order valence-electron chi connectivity index (χ2n) is 5.38. The van der Waals surface area contributed by atoms with Crippen molar-refractivity contribution in [2.45, 2.75) is 49.8 Å². The fourth-order valence-electron chi connectivity index (χ4n) is 2.42. The standard InChI is InChI=1S/C13H22N2O3S/c16-12(17)7-11(9-4-5-9)15-13(18)14-8-10-3-1-2-6-19-10/h9-11H,1-8H2,(H,16,17)(H2,14,15,18). The summed E-state index contributed by atoms with van der Waals surface area (Å²) in [4.78, 5) is 22.5. The van der Waals surface area contributed by atoms with E-state index in [0.717, 1.165) is 19.3 Å². The van der Waals surface area contributed by atoms with Gasteiger partial charge in [-0.25, -0.2) is 4.79 Å². The largest absolute Gasteiger partial charge is 0.481 e. The van der Waals surface area contributed by atoms with Crippen LogP contribution in [-0.4, -0.2) is 40.7 Å². The molecule has 2 fully saturated rings. The molecule has 0 aromatic heterocycles. The molecule has 0 aromatic rings. The molecule has 0 aromatic carbocycles. The zero-order valence-corrected chi connectivity index (χ0v) is 11.9. The molecule has 3 N–H and O–H groups in total. The Hall–Kier alpha value is -0.910. The highest BCUT2D eigenvalue weighted by molar-refractivity contribution is 7.99. The number of thioether (sulfide) groups is 1. The average molecular weight is 286 g/mol. The van der Waals surface area contributed by atoms with Gasteiger partial charge in [0.05, 0.1) is 6.42 Å². The molecule has 2 aliphatic rings. The molecule has 0 radical (unpaired) electrons. The molecule has 5 nitrogen and oxygen atoms in total. The molecule has 1 aliphatic heterocycles. The Morgan fingerprint density at radius 1 is 1.26 bits per heavy atom. The van der Waals surface area contributed by atoms with Gasteiger partial charge in [-0.2, -0.15) is 11.8 Å². The van der Waals surface area contributed by atoms with Crippen molar-refractivity contribution >= 4 is 23.8 Å². The lowest BCUT2D eigenvalue weighted by molar-refractivity contribution is -0.137. The lowest BCUT2D eigenvalue weighted by Crippen LogP contribution is -2.46. The molecule has 6 heteroatoms. The van der Waals surface area contributed by atoms with Gasteiger partial charge in [0, 0.05) is 17.8 Å². The quantitative estimate of drug-likeness (QED) is 0.696. The van der Waals surface area contributed by atoms with Gasteiger partial charge in [0.2, 0.25) is 0 Å². The molecule has 1 saturated carbocycles. The summed E-state index contributed by atoms with van der Waals surface area (Å²) < 4.78 is 0. The molecule has 2 amide bonds. The predicted molar refractivity (Wildman–Crippen MR) is 75.4 cm³/mol. The molecule has 0 bridgehead atoms. The van der Waals surface area contributed by atoms with E-state index in [1.54, 1.807) is 0 Å². The molecule has 108 valence electrons. The number of rotatable bonds is 6. The zero-order valence-electron chi connectivity index (χ0n) is 11.1. The van der Waals surface area contributed by atoms with E-state index in [-0.39, 0.29) is 18.5 Å². The van der Waals surface area contributed by atoms with E-state index in [2.05, 4.69) is 10.6 Å². The Kier molecular flexibility index (Phi) is 5.36. The lowest BCUT2D eigenvalue weighted by atomic mass is 10.1. The van der Waals surface area contributed by atoms with Crippen LogP contribution in [0.4, 0.5) is 4.79 Å². The molecular formula is C13H22N2O3S. The molecule has 2 rings (SSSR count). The van der Waals surface area contributed by atoms with Crippen LogP contribution in [0.3, 0.4) is 0 Å². The summed E-state index contributed by atoms with van der Waals surface area (Å²) in [7, 11) is 0. The van der Waals surface area contributed by atoms with Crippen molar-refractivity contribution in [2.75, 3.05) is 12.3 Å². The van der Waals surface area contributed by atoms with Crippen molar-refractivity contribution in [2.24, 2.45) is 5.92 Å². The minimum Gasteiger partial charge on any atom is -0.481 e. The highest BCUT2D eigenvalue weighted by atomic mass is 32.2. The summed E-state index contributed by atoms with van der Waals surface area (Å²) >= 11 is 1.92. The van der Waals surface area contributed by atoms with Gasteiger partial charge in [0.25, 0.3) is 0 Å². The zero-order chi connectivity index (χ0) is 13.7. The molecule has 19 heavy (non-hydrogen) atoms. The number of aliphatic carboxylic acids is 1. The van der Waals surface area contributed by atoms with E-state index in [4.69, 9.17) is 5.11 Å². The summed E-state index contributed by atoms with van der Waals surface area (Å²) in [5.74, 6) is 0.684. The minimum absolute atomic E-state index is 0.0241. The predicted octanol–water partition coefficient (Wildman–Crippen LogP) is 1.82. The van der Waals surface area contributed by atoms with Gasteiger partial charge < -0.3 is 15.7 Å². The van der Waals surface area contributed by atoms with Crippen LogP contribution in [-0.2, 0) is 4.79 Å². The maximum Gasteiger partial charge on any atom is 0.315 e. The van der Waals surface area contributed by atoms with Crippen LogP contribution >= 0.6 is 11.8 Å². The molecule has 1 aliphatic carbocycles. The number of carboxylic acid groups (broad SMARTS) is 1. The van der Waals surface area contributed by atoms with Crippen LogP contribution in [0, 0.1) is 5.92 Å². The van der Waals surface area contributed by atoms with E-state index in [9.17, 15) is 9.59 Å². The van der Waals surface area contributed by atoms with Gasteiger partial charge in [-0.3, -0.25) is 4.79 Å². The Morgan fingerprint density at radius 3 is 2.63 bits per heavy atom. The van der Waals surface area contributed by atoms with Gasteiger partial charge in [-0.15, -0.1) is 0 Å². The van der Waals surface area contributed by atoms with Crippen LogP contribution in [0.15, 0.2) is 0 Å². The number of urea groups is 1. The smallest absolute Gasteiger partial charge is 0.315 e. The van der Waals surface area contributed by atoms with Crippen LogP contribution in [0.1, 0.15) is 38.5 Å². The van der Waals surface area contributed by atoms with Gasteiger partial charge in [0.1, 0.15) is 0 Å². The summed E-state index contributed by atoms with van der Waals surface area (Å²) in [6.45, 7) is 0.682. The summed E-state index contributed by atoms with van der Waals surface area (Å²) in [6.07, 6.45) is 5.75. The topological polar surface area (TPSA) is 78.4 Å².